The summed E-state index contributed by atoms with van der Waals surface area (Å²) in [6, 6.07) is 5.78. The molecule has 2 unspecified atom stereocenters. The molecule has 0 radical (unpaired) electrons. The number of hydrogen-bond acceptors (Lipinski definition) is 2. The number of carboxylic acid groups (broad SMARTS) is 1. The van der Waals surface area contributed by atoms with E-state index in [4.69, 9.17) is 5.11 Å². The Labute approximate surface area is 115 Å². The van der Waals surface area contributed by atoms with Gasteiger partial charge >= 0.3 is 5.97 Å². The molecule has 1 aromatic rings. The van der Waals surface area contributed by atoms with Gasteiger partial charge in [0.15, 0.2) is 0 Å². The zero-order chi connectivity index (χ0) is 13.8. The SMILES string of the molecule is Cc1ccc(C(=O)O)cc1NC1CCCC(C)CC1. The quantitative estimate of drug-likeness (QED) is 0.806. The van der Waals surface area contributed by atoms with Crippen molar-refractivity contribution >= 4 is 11.7 Å². The molecule has 1 fully saturated rings. The topological polar surface area (TPSA) is 49.3 Å². The van der Waals surface area contributed by atoms with Crippen LogP contribution in [0.4, 0.5) is 5.69 Å². The van der Waals surface area contributed by atoms with Crippen molar-refractivity contribution in [2.24, 2.45) is 5.92 Å². The van der Waals surface area contributed by atoms with Crippen LogP contribution in [-0.4, -0.2) is 17.1 Å². The van der Waals surface area contributed by atoms with Crippen molar-refractivity contribution in [2.75, 3.05) is 5.32 Å². The van der Waals surface area contributed by atoms with Crippen LogP contribution in [0.5, 0.6) is 0 Å². The van der Waals surface area contributed by atoms with Crippen molar-refractivity contribution in [1.29, 1.82) is 0 Å². The highest BCUT2D eigenvalue weighted by atomic mass is 16.4. The van der Waals surface area contributed by atoms with Gasteiger partial charge in [-0.3, -0.25) is 0 Å². The van der Waals surface area contributed by atoms with Crippen molar-refractivity contribution < 1.29 is 9.90 Å². The van der Waals surface area contributed by atoms with Crippen LogP contribution in [0.25, 0.3) is 0 Å². The molecule has 0 spiro atoms. The third-order valence-corrected chi connectivity index (χ3v) is 4.10. The van der Waals surface area contributed by atoms with Crippen LogP contribution in [0, 0.1) is 12.8 Å². The Morgan fingerprint density at radius 1 is 1.26 bits per heavy atom. The van der Waals surface area contributed by atoms with E-state index >= 15 is 0 Å². The molecule has 0 heterocycles. The molecule has 1 aromatic carbocycles. The molecular weight excluding hydrogens is 238 g/mol. The largest absolute Gasteiger partial charge is 0.478 e. The molecular formula is C16H23NO2. The fourth-order valence-corrected chi connectivity index (χ4v) is 2.76. The van der Waals surface area contributed by atoms with Gasteiger partial charge in [0, 0.05) is 11.7 Å². The van der Waals surface area contributed by atoms with Gasteiger partial charge < -0.3 is 10.4 Å². The molecule has 0 saturated heterocycles. The van der Waals surface area contributed by atoms with Crippen molar-refractivity contribution in [2.45, 2.75) is 52.0 Å². The van der Waals surface area contributed by atoms with Gasteiger partial charge in [-0.15, -0.1) is 0 Å². The van der Waals surface area contributed by atoms with Gasteiger partial charge in [-0.05, 0) is 49.8 Å². The molecule has 0 aliphatic heterocycles. The number of anilines is 1. The maximum atomic E-state index is 11.0. The Hall–Kier alpha value is -1.51. The van der Waals surface area contributed by atoms with Crippen molar-refractivity contribution in [1.82, 2.24) is 0 Å². The molecule has 1 saturated carbocycles. The average molecular weight is 261 g/mol. The Bertz CT molecular complexity index is 456. The van der Waals surface area contributed by atoms with Crippen molar-refractivity contribution in [3.63, 3.8) is 0 Å². The summed E-state index contributed by atoms with van der Waals surface area (Å²) in [4.78, 5) is 11.0. The van der Waals surface area contributed by atoms with Gasteiger partial charge in [-0.1, -0.05) is 25.8 Å². The maximum Gasteiger partial charge on any atom is 0.335 e. The molecule has 2 N–H and O–H groups in total. The predicted octanol–water partition coefficient (Wildman–Crippen LogP) is 4.07. The minimum Gasteiger partial charge on any atom is -0.478 e. The normalized spacial score (nSPS) is 23.7. The third-order valence-electron chi connectivity index (χ3n) is 4.10. The van der Waals surface area contributed by atoms with E-state index in [2.05, 4.69) is 12.2 Å². The van der Waals surface area contributed by atoms with Crippen LogP contribution >= 0.6 is 0 Å². The molecule has 1 aliphatic carbocycles. The Morgan fingerprint density at radius 2 is 2.05 bits per heavy atom. The second-order valence-corrected chi connectivity index (χ2v) is 5.79. The van der Waals surface area contributed by atoms with Crippen LogP contribution in [0.15, 0.2) is 18.2 Å². The van der Waals surface area contributed by atoms with E-state index in [0.29, 0.717) is 11.6 Å². The summed E-state index contributed by atoms with van der Waals surface area (Å²) >= 11 is 0. The zero-order valence-corrected chi connectivity index (χ0v) is 11.8. The number of carbonyl (C=O) groups is 1. The van der Waals surface area contributed by atoms with Gasteiger partial charge in [-0.2, -0.15) is 0 Å². The van der Waals surface area contributed by atoms with Crippen LogP contribution in [-0.2, 0) is 0 Å². The molecule has 0 bridgehead atoms. The third kappa shape index (κ3) is 3.72. The number of carboxylic acids is 1. The van der Waals surface area contributed by atoms with Crippen LogP contribution in [0.1, 0.15) is 54.9 Å². The number of aryl methyl sites for hydroxylation is 1. The van der Waals surface area contributed by atoms with Gasteiger partial charge in [0.25, 0.3) is 0 Å². The second-order valence-electron chi connectivity index (χ2n) is 5.79. The number of rotatable bonds is 3. The lowest BCUT2D eigenvalue weighted by molar-refractivity contribution is 0.0697. The van der Waals surface area contributed by atoms with Crippen molar-refractivity contribution in [3.05, 3.63) is 29.3 Å². The number of benzene rings is 1. The van der Waals surface area contributed by atoms with Gasteiger partial charge in [-0.25, -0.2) is 4.79 Å². The fraction of sp³-hybridized carbons (Fsp3) is 0.562. The second kappa shape index (κ2) is 6.09. The molecule has 19 heavy (non-hydrogen) atoms. The molecule has 0 amide bonds. The highest BCUT2D eigenvalue weighted by Crippen LogP contribution is 2.26. The van der Waals surface area contributed by atoms with E-state index in [1.54, 1.807) is 12.1 Å². The Kier molecular flexibility index (Phi) is 4.46. The first kappa shape index (κ1) is 13.9. The van der Waals surface area contributed by atoms with Crippen molar-refractivity contribution in [3.8, 4) is 0 Å². The van der Waals surface area contributed by atoms with Gasteiger partial charge in [0.1, 0.15) is 0 Å². The van der Waals surface area contributed by atoms with Gasteiger partial charge in [0.2, 0.25) is 0 Å². The molecule has 104 valence electrons. The lowest BCUT2D eigenvalue weighted by atomic mass is 10.0. The van der Waals surface area contributed by atoms with E-state index < -0.39 is 5.97 Å². The lowest BCUT2D eigenvalue weighted by Crippen LogP contribution is -2.19. The van der Waals surface area contributed by atoms with Crippen LogP contribution in [0.3, 0.4) is 0 Å². The molecule has 3 heteroatoms. The standard InChI is InChI=1S/C16H23NO2/c1-11-4-3-5-14(9-6-11)17-15-10-13(16(18)19)8-7-12(15)2/h7-8,10-11,14,17H,3-6,9H2,1-2H3,(H,18,19). The van der Waals surface area contributed by atoms with E-state index in [-0.39, 0.29) is 0 Å². The zero-order valence-electron chi connectivity index (χ0n) is 11.8. The minimum absolute atomic E-state index is 0.357. The molecule has 0 aromatic heterocycles. The molecule has 1 aliphatic rings. The number of aromatic carboxylic acids is 1. The fourth-order valence-electron chi connectivity index (χ4n) is 2.76. The lowest BCUT2D eigenvalue weighted by Gasteiger charge is -2.19. The van der Waals surface area contributed by atoms with E-state index in [1.165, 1.54) is 32.1 Å². The molecule has 3 nitrogen and oxygen atoms in total. The highest BCUT2D eigenvalue weighted by molar-refractivity contribution is 5.89. The monoisotopic (exact) mass is 261 g/mol. The summed E-state index contributed by atoms with van der Waals surface area (Å²) in [6.07, 6.45) is 6.19. The highest BCUT2D eigenvalue weighted by Gasteiger charge is 2.17. The van der Waals surface area contributed by atoms with Gasteiger partial charge in [0.05, 0.1) is 5.56 Å². The minimum atomic E-state index is -0.863. The number of hydrogen-bond donors (Lipinski definition) is 2. The first-order valence-electron chi connectivity index (χ1n) is 7.16. The Morgan fingerprint density at radius 3 is 2.79 bits per heavy atom. The maximum absolute atomic E-state index is 11.0. The van der Waals surface area contributed by atoms with Crippen LogP contribution in [0.2, 0.25) is 0 Å². The van der Waals surface area contributed by atoms with Crippen LogP contribution < -0.4 is 5.32 Å². The Balaban J connectivity index is 2.09. The number of nitrogens with one attached hydrogen (secondary N) is 1. The summed E-state index contributed by atoms with van der Waals surface area (Å²) in [5.74, 6) is -0.0456. The van der Waals surface area contributed by atoms with E-state index in [1.807, 2.05) is 13.0 Å². The first-order chi connectivity index (χ1) is 9.06. The smallest absolute Gasteiger partial charge is 0.335 e. The average Bonchev–Trinajstić information content (AvgIpc) is 2.57. The van der Waals surface area contributed by atoms with E-state index in [9.17, 15) is 4.79 Å². The summed E-state index contributed by atoms with van der Waals surface area (Å²) in [5, 5.41) is 12.6. The summed E-state index contributed by atoms with van der Waals surface area (Å²) < 4.78 is 0. The first-order valence-corrected chi connectivity index (χ1v) is 7.16. The molecule has 2 rings (SSSR count). The van der Waals surface area contributed by atoms with E-state index in [0.717, 1.165) is 17.2 Å². The molecule has 2 atom stereocenters. The summed E-state index contributed by atoms with van der Waals surface area (Å²) in [7, 11) is 0. The summed E-state index contributed by atoms with van der Waals surface area (Å²) in [5.41, 5.74) is 2.44. The predicted molar refractivity (Wildman–Crippen MR) is 77.8 cm³/mol. The summed E-state index contributed by atoms with van der Waals surface area (Å²) in [6.45, 7) is 4.34.